The topological polar surface area (TPSA) is 46.6 Å². The van der Waals surface area contributed by atoms with E-state index in [0.29, 0.717) is 18.5 Å². The zero-order valence-electron chi connectivity index (χ0n) is 10.7. The predicted octanol–water partition coefficient (Wildman–Crippen LogP) is 1.77. The SMILES string of the molecule is COC(=O)[C@@H]1CCCN1C(=O)c1cccc(C)c1. The molecule has 1 fully saturated rings. The normalized spacial score (nSPS) is 18.8. The molecule has 1 aromatic carbocycles. The van der Waals surface area contributed by atoms with E-state index in [1.54, 1.807) is 11.0 Å². The summed E-state index contributed by atoms with van der Waals surface area (Å²) >= 11 is 0. The number of amides is 1. The highest BCUT2D eigenvalue weighted by atomic mass is 16.5. The lowest BCUT2D eigenvalue weighted by atomic mass is 10.1. The van der Waals surface area contributed by atoms with E-state index < -0.39 is 6.04 Å². The molecule has 4 nitrogen and oxygen atoms in total. The lowest BCUT2D eigenvalue weighted by molar-refractivity contribution is -0.145. The molecular weight excluding hydrogens is 230 g/mol. The van der Waals surface area contributed by atoms with Crippen LogP contribution in [-0.2, 0) is 9.53 Å². The van der Waals surface area contributed by atoms with E-state index in [2.05, 4.69) is 0 Å². The van der Waals surface area contributed by atoms with Crippen molar-refractivity contribution in [3.8, 4) is 0 Å². The van der Waals surface area contributed by atoms with Crippen molar-refractivity contribution in [3.05, 3.63) is 35.4 Å². The summed E-state index contributed by atoms with van der Waals surface area (Å²) in [6.45, 7) is 2.56. The van der Waals surface area contributed by atoms with Crippen LogP contribution in [0.5, 0.6) is 0 Å². The second-order valence-corrected chi connectivity index (χ2v) is 4.55. The Morgan fingerprint density at radius 3 is 2.83 bits per heavy atom. The summed E-state index contributed by atoms with van der Waals surface area (Å²) in [5.74, 6) is -0.417. The zero-order chi connectivity index (χ0) is 13.1. The van der Waals surface area contributed by atoms with Crippen molar-refractivity contribution in [3.63, 3.8) is 0 Å². The average molecular weight is 247 g/mol. The average Bonchev–Trinajstić information content (AvgIpc) is 2.86. The van der Waals surface area contributed by atoms with Gasteiger partial charge in [-0.3, -0.25) is 4.79 Å². The van der Waals surface area contributed by atoms with Crippen LogP contribution in [0.3, 0.4) is 0 Å². The van der Waals surface area contributed by atoms with Gasteiger partial charge in [0.2, 0.25) is 0 Å². The van der Waals surface area contributed by atoms with Gasteiger partial charge in [-0.05, 0) is 31.9 Å². The molecule has 96 valence electrons. The molecule has 0 unspecified atom stereocenters. The highest BCUT2D eigenvalue weighted by Gasteiger charge is 2.35. The van der Waals surface area contributed by atoms with Crippen LogP contribution >= 0.6 is 0 Å². The van der Waals surface area contributed by atoms with Gasteiger partial charge in [-0.2, -0.15) is 0 Å². The van der Waals surface area contributed by atoms with Crippen molar-refractivity contribution in [1.29, 1.82) is 0 Å². The number of aryl methyl sites for hydroxylation is 1. The van der Waals surface area contributed by atoms with Crippen LogP contribution < -0.4 is 0 Å². The Balaban J connectivity index is 2.20. The Hall–Kier alpha value is -1.84. The van der Waals surface area contributed by atoms with Crippen molar-refractivity contribution in [2.24, 2.45) is 0 Å². The summed E-state index contributed by atoms with van der Waals surface area (Å²) in [4.78, 5) is 25.6. The highest BCUT2D eigenvalue weighted by molar-refractivity contribution is 5.97. The number of hydrogen-bond donors (Lipinski definition) is 0. The summed E-state index contributed by atoms with van der Waals surface area (Å²) < 4.78 is 4.74. The minimum absolute atomic E-state index is 0.0911. The molecular formula is C14H17NO3. The maximum absolute atomic E-state index is 12.3. The van der Waals surface area contributed by atoms with Gasteiger partial charge in [0.15, 0.2) is 0 Å². The maximum Gasteiger partial charge on any atom is 0.328 e. The van der Waals surface area contributed by atoms with Gasteiger partial charge in [-0.15, -0.1) is 0 Å². The molecule has 1 heterocycles. The van der Waals surface area contributed by atoms with Gasteiger partial charge in [-0.1, -0.05) is 17.7 Å². The summed E-state index contributed by atoms with van der Waals surface area (Å²) in [5, 5.41) is 0. The summed E-state index contributed by atoms with van der Waals surface area (Å²) in [6, 6.07) is 6.99. The number of carbonyl (C=O) groups is 2. The predicted molar refractivity (Wildman–Crippen MR) is 67.3 cm³/mol. The van der Waals surface area contributed by atoms with Crippen LogP contribution in [0.25, 0.3) is 0 Å². The number of esters is 1. The molecule has 1 aliphatic heterocycles. The molecule has 1 atom stereocenters. The van der Waals surface area contributed by atoms with Gasteiger partial charge >= 0.3 is 5.97 Å². The van der Waals surface area contributed by atoms with E-state index in [1.165, 1.54) is 7.11 Å². The first-order valence-corrected chi connectivity index (χ1v) is 6.09. The third-order valence-electron chi connectivity index (χ3n) is 3.25. The molecule has 0 spiro atoms. The lowest BCUT2D eigenvalue weighted by Gasteiger charge is -2.22. The van der Waals surface area contributed by atoms with Crippen molar-refractivity contribution >= 4 is 11.9 Å². The van der Waals surface area contributed by atoms with Crippen molar-refractivity contribution < 1.29 is 14.3 Å². The molecule has 1 amide bonds. The first-order valence-electron chi connectivity index (χ1n) is 6.09. The number of carbonyl (C=O) groups excluding carboxylic acids is 2. The molecule has 1 aliphatic rings. The van der Waals surface area contributed by atoms with E-state index in [1.807, 2.05) is 25.1 Å². The molecule has 18 heavy (non-hydrogen) atoms. The quantitative estimate of drug-likeness (QED) is 0.748. The van der Waals surface area contributed by atoms with E-state index in [0.717, 1.165) is 12.0 Å². The molecule has 0 radical (unpaired) electrons. The smallest absolute Gasteiger partial charge is 0.328 e. The van der Waals surface area contributed by atoms with E-state index in [-0.39, 0.29) is 11.9 Å². The van der Waals surface area contributed by atoms with E-state index in [9.17, 15) is 9.59 Å². The molecule has 0 aliphatic carbocycles. The van der Waals surface area contributed by atoms with Gasteiger partial charge < -0.3 is 9.64 Å². The highest BCUT2D eigenvalue weighted by Crippen LogP contribution is 2.21. The molecule has 2 rings (SSSR count). The Morgan fingerprint density at radius 2 is 2.17 bits per heavy atom. The van der Waals surface area contributed by atoms with Gasteiger partial charge in [0.05, 0.1) is 7.11 Å². The maximum atomic E-state index is 12.3. The number of nitrogens with zero attached hydrogens (tertiary/aromatic N) is 1. The van der Waals surface area contributed by atoms with Crippen LogP contribution in [0, 0.1) is 6.92 Å². The first-order chi connectivity index (χ1) is 8.63. The van der Waals surface area contributed by atoms with Crippen LogP contribution in [0.4, 0.5) is 0 Å². The second kappa shape index (κ2) is 5.21. The number of hydrogen-bond acceptors (Lipinski definition) is 3. The summed E-state index contributed by atoms with van der Waals surface area (Å²) in [7, 11) is 1.36. The Kier molecular flexibility index (Phi) is 3.65. The Labute approximate surface area is 107 Å². The molecule has 0 N–H and O–H groups in total. The standard InChI is InChI=1S/C14H17NO3/c1-10-5-3-6-11(9-10)13(16)15-8-4-7-12(15)14(17)18-2/h3,5-6,9,12H,4,7-8H2,1-2H3/t12-/m0/s1. The minimum Gasteiger partial charge on any atom is -0.467 e. The monoisotopic (exact) mass is 247 g/mol. The molecule has 4 heteroatoms. The largest absolute Gasteiger partial charge is 0.467 e. The lowest BCUT2D eigenvalue weighted by Crippen LogP contribution is -2.41. The number of rotatable bonds is 2. The van der Waals surface area contributed by atoms with E-state index >= 15 is 0 Å². The molecule has 0 bridgehead atoms. The van der Waals surface area contributed by atoms with Crippen LogP contribution in [0.15, 0.2) is 24.3 Å². The molecule has 1 saturated heterocycles. The number of likely N-dealkylation sites (tertiary alicyclic amines) is 1. The molecule has 0 saturated carbocycles. The second-order valence-electron chi connectivity index (χ2n) is 4.55. The number of benzene rings is 1. The van der Waals surface area contributed by atoms with Gasteiger partial charge in [0.1, 0.15) is 6.04 Å². The van der Waals surface area contributed by atoms with Gasteiger partial charge in [0, 0.05) is 12.1 Å². The first kappa shape index (κ1) is 12.6. The van der Waals surface area contributed by atoms with Crippen LogP contribution in [-0.4, -0.2) is 36.5 Å². The molecule has 1 aromatic rings. The number of ether oxygens (including phenoxy) is 1. The Morgan fingerprint density at radius 1 is 1.39 bits per heavy atom. The Bertz CT molecular complexity index is 470. The van der Waals surface area contributed by atoms with Crippen molar-refractivity contribution in [2.45, 2.75) is 25.8 Å². The van der Waals surface area contributed by atoms with E-state index in [4.69, 9.17) is 4.74 Å². The summed E-state index contributed by atoms with van der Waals surface area (Å²) in [5.41, 5.74) is 1.67. The summed E-state index contributed by atoms with van der Waals surface area (Å²) in [6.07, 6.45) is 1.53. The fourth-order valence-electron chi connectivity index (χ4n) is 2.33. The third-order valence-corrected chi connectivity index (χ3v) is 3.25. The van der Waals surface area contributed by atoms with Crippen LogP contribution in [0.2, 0.25) is 0 Å². The van der Waals surface area contributed by atoms with Gasteiger partial charge in [0.25, 0.3) is 5.91 Å². The third kappa shape index (κ3) is 2.37. The van der Waals surface area contributed by atoms with Crippen molar-refractivity contribution in [2.75, 3.05) is 13.7 Å². The van der Waals surface area contributed by atoms with Crippen LogP contribution in [0.1, 0.15) is 28.8 Å². The fourth-order valence-corrected chi connectivity index (χ4v) is 2.33. The zero-order valence-corrected chi connectivity index (χ0v) is 10.7. The van der Waals surface area contributed by atoms with Gasteiger partial charge in [-0.25, -0.2) is 4.79 Å². The minimum atomic E-state index is -0.428. The molecule has 0 aromatic heterocycles. The fraction of sp³-hybridized carbons (Fsp3) is 0.429. The van der Waals surface area contributed by atoms with Crippen molar-refractivity contribution in [1.82, 2.24) is 4.90 Å². The number of methoxy groups -OCH3 is 1.